The summed E-state index contributed by atoms with van der Waals surface area (Å²) in [5.74, 6) is 0.801. The number of amides is 1. The zero-order valence-electron chi connectivity index (χ0n) is 18.3. The van der Waals surface area contributed by atoms with Crippen molar-refractivity contribution in [2.24, 2.45) is 0 Å². The highest BCUT2D eigenvalue weighted by Crippen LogP contribution is 2.22. The summed E-state index contributed by atoms with van der Waals surface area (Å²) in [6.07, 6.45) is 8.46. The van der Waals surface area contributed by atoms with Gasteiger partial charge in [0.1, 0.15) is 11.6 Å². The molecule has 0 N–H and O–H groups in total. The van der Waals surface area contributed by atoms with Crippen LogP contribution >= 0.6 is 0 Å². The zero-order valence-corrected chi connectivity index (χ0v) is 18.3. The molecule has 2 aromatic rings. The summed E-state index contributed by atoms with van der Waals surface area (Å²) in [7, 11) is 0. The number of carbonyl (C=O) groups is 1. The number of carbonyl (C=O) groups excluding carboxylic acids is 1. The van der Waals surface area contributed by atoms with Crippen molar-refractivity contribution in [3.63, 3.8) is 0 Å². The maximum atomic E-state index is 13.1. The molecule has 0 aliphatic carbocycles. The van der Waals surface area contributed by atoms with Crippen LogP contribution in [0, 0.1) is 5.82 Å². The lowest BCUT2D eigenvalue weighted by Crippen LogP contribution is -2.47. The van der Waals surface area contributed by atoms with E-state index in [0.29, 0.717) is 0 Å². The first kappa shape index (κ1) is 21.8. The number of benzene rings is 1. The van der Waals surface area contributed by atoms with E-state index in [1.165, 1.54) is 24.1 Å². The fourth-order valence-electron chi connectivity index (χ4n) is 4.58. The van der Waals surface area contributed by atoms with Crippen LogP contribution in [0.15, 0.2) is 42.6 Å². The first-order chi connectivity index (χ1) is 15.2. The number of pyridine rings is 1. The Morgan fingerprint density at radius 1 is 0.903 bits per heavy atom. The molecule has 0 saturated carbocycles. The second kappa shape index (κ2) is 10.7. The fourth-order valence-corrected chi connectivity index (χ4v) is 4.58. The molecular weight excluding hydrogens is 391 g/mol. The molecule has 0 unspecified atom stereocenters. The predicted octanol–water partition coefficient (Wildman–Crippen LogP) is 3.99. The number of anilines is 1. The van der Waals surface area contributed by atoms with E-state index in [1.54, 1.807) is 6.20 Å². The van der Waals surface area contributed by atoms with Crippen molar-refractivity contribution in [3.8, 4) is 0 Å². The van der Waals surface area contributed by atoms with Crippen LogP contribution in [0.3, 0.4) is 0 Å². The first-order valence-electron chi connectivity index (χ1n) is 11.7. The van der Waals surface area contributed by atoms with Gasteiger partial charge in [-0.15, -0.1) is 0 Å². The van der Waals surface area contributed by atoms with E-state index < -0.39 is 0 Å². The van der Waals surface area contributed by atoms with E-state index in [0.717, 1.165) is 89.3 Å². The van der Waals surface area contributed by atoms with Gasteiger partial charge < -0.3 is 9.80 Å². The lowest BCUT2D eigenvalue weighted by molar-refractivity contribution is 0.0724. The molecule has 0 spiro atoms. The highest BCUT2D eigenvalue weighted by molar-refractivity contribution is 5.99. The molecule has 1 amide bonds. The average molecular weight is 425 g/mol. The van der Waals surface area contributed by atoms with Crippen LogP contribution in [0.1, 0.15) is 48.0 Å². The Morgan fingerprint density at radius 2 is 1.65 bits per heavy atom. The van der Waals surface area contributed by atoms with E-state index in [1.807, 2.05) is 29.2 Å². The number of rotatable bonds is 7. The summed E-state index contributed by atoms with van der Waals surface area (Å²) in [6.45, 7) is 6.58. The smallest absolute Gasteiger partial charge is 0.257 e. The van der Waals surface area contributed by atoms with Gasteiger partial charge in [-0.1, -0.05) is 12.1 Å². The van der Waals surface area contributed by atoms with Gasteiger partial charge in [0.05, 0.1) is 5.56 Å². The Morgan fingerprint density at radius 3 is 2.39 bits per heavy atom. The number of aromatic nitrogens is 1. The summed E-state index contributed by atoms with van der Waals surface area (Å²) in [5.41, 5.74) is 1.95. The molecule has 0 bridgehead atoms. The van der Waals surface area contributed by atoms with Gasteiger partial charge in [0, 0.05) is 45.5 Å². The predicted molar refractivity (Wildman–Crippen MR) is 122 cm³/mol. The van der Waals surface area contributed by atoms with Crippen LogP contribution in [-0.2, 0) is 6.42 Å². The van der Waals surface area contributed by atoms with Crippen LogP contribution in [0.5, 0.6) is 0 Å². The third kappa shape index (κ3) is 5.82. The summed E-state index contributed by atoms with van der Waals surface area (Å²) in [6, 6.07) is 10.6. The van der Waals surface area contributed by atoms with E-state index in [2.05, 4.69) is 14.8 Å². The topological polar surface area (TPSA) is 39.7 Å². The van der Waals surface area contributed by atoms with E-state index in [9.17, 15) is 9.18 Å². The van der Waals surface area contributed by atoms with Gasteiger partial charge in [0.2, 0.25) is 0 Å². The average Bonchev–Trinajstić information content (AvgIpc) is 2.83. The Hall–Kier alpha value is -2.47. The number of hydrogen-bond donors (Lipinski definition) is 0. The van der Waals surface area contributed by atoms with Gasteiger partial charge in [-0.2, -0.15) is 0 Å². The van der Waals surface area contributed by atoms with E-state index in [-0.39, 0.29) is 11.7 Å². The minimum atomic E-state index is -0.171. The Labute approximate surface area is 184 Å². The zero-order chi connectivity index (χ0) is 21.5. The Balaban J connectivity index is 1.25. The molecule has 3 heterocycles. The van der Waals surface area contributed by atoms with Crippen LogP contribution in [0.4, 0.5) is 10.2 Å². The maximum Gasteiger partial charge on any atom is 0.257 e. The molecule has 2 fully saturated rings. The van der Waals surface area contributed by atoms with Gasteiger partial charge in [-0.3, -0.25) is 9.69 Å². The van der Waals surface area contributed by atoms with E-state index in [4.69, 9.17) is 0 Å². The molecule has 4 rings (SSSR count). The van der Waals surface area contributed by atoms with Crippen LogP contribution in [0.2, 0.25) is 0 Å². The van der Waals surface area contributed by atoms with Gasteiger partial charge in [0.15, 0.2) is 0 Å². The molecule has 5 nitrogen and oxygen atoms in total. The van der Waals surface area contributed by atoms with Crippen molar-refractivity contribution in [2.45, 2.75) is 38.5 Å². The second-order valence-electron chi connectivity index (χ2n) is 8.64. The third-order valence-electron chi connectivity index (χ3n) is 6.44. The highest BCUT2D eigenvalue weighted by atomic mass is 19.1. The van der Waals surface area contributed by atoms with Gasteiger partial charge in [-0.05, 0) is 74.9 Å². The van der Waals surface area contributed by atoms with Crippen LogP contribution < -0.4 is 4.90 Å². The summed E-state index contributed by atoms with van der Waals surface area (Å²) < 4.78 is 13.0. The standard InChI is InChI=1S/C25H33FN4O/c26-22-11-9-21(10-12-22)7-2-5-14-28-17-19-29(20-18-28)24-23(8-6-13-27-24)25(31)30-15-3-1-4-16-30/h6,8-13H,1-5,7,14-20H2. The largest absolute Gasteiger partial charge is 0.353 e. The summed E-state index contributed by atoms with van der Waals surface area (Å²) in [5, 5.41) is 0. The number of hydrogen-bond acceptors (Lipinski definition) is 4. The normalized spacial score (nSPS) is 17.7. The monoisotopic (exact) mass is 424 g/mol. The number of piperazine rings is 1. The SMILES string of the molecule is O=C(c1cccnc1N1CCN(CCCCc2ccc(F)cc2)CC1)N1CCCCC1. The number of halogens is 1. The van der Waals surface area contributed by atoms with Gasteiger partial charge in [0.25, 0.3) is 5.91 Å². The Bertz CT molecular complexity index is 843. The lowest BCUT2D eigenvalue weighted by Gasteiger charge is -2.36. The van der Waals surface area contributed by atoms with Crippen molar-refractivity contribution in [1.29, 1.82) is 0 Å². The molecular formula is C25H33FN4O. The molecule has 2 aliphatic heterocycles. The minimum absolute atomic E-state index is 0.131. The number of nitrogens with zero attached hydrogens (tertiary/aromatic N) is 4. The lowest BCUT2D eigenvalue weighted by atomic mass is 10.1. The van der Waals surface area contributed by atoms with Gasteiger partial charge in [-0.25, -0.2) is 9.37 Å². The number of likely N-dealkylation sites (tertiary alicyclic amines) is 1. The van der Waals surface area contributed by atoms with E-state index >= 15 is 0 Å². The summed E-state index contributed by atoms with van der Waals surface area (Å²) in [4.78, 5) is 24.4. The molecule has 31 heavy (non-hydrogen) atoms. The van der Waals surface area contributed by atoms with Crippen LogP contribution in [0.25, 0.3) is 0 Å². The van der Waals surface area contributed by atoms with Crippen molar-refractivity contribution >= 4 is 11.7 Å². The van der Waals surface area contributed by atoms with Gasteiger partial charge >= 0.3 is 0 Å². The first-order valence-corrected chi connectivity index (χ1v) is 11.7. The quantitative estimate of drug-likeness (QED) is 0.630. The third-order valence-corrected chi connectivity index (χ3v) is 6.44. The maximum absolute atomic E-state index is 13.1. The second-order valence-corrected chi connectivity index (χ2v) is 8.64. The molecule has 1 aromatic carbocycles. The number of aryl methyl sites for hydroxylation is 1. The molecule has 2 aliphatic rings. The Kier molecular flexibility index (Phi) is 7.52. The molecule has 1 aromatic heterocycles. The molecule has 2 saturated heterocycles. The van der Waals surface area contributed by atoms with Crippen LogP contribution in [-0.4, -0.2) is 66.5 Å². The van der Waals surface area contributed by atoms with Crippen molar-refractivity contribution < 1.29 is 9.18 Å². The number of unbranched alkanes of at least 4 members (excludes halogenated alkanes) is 1. The van der Waals surface area contributed by atoms with Crippen molar-refractivity contribution in [2.75, 3.05) is 50.7 Å². The molecule has 6 heteroatoms. The molecule has 0 radical (unpaired) electrons. The highest BCUT2D eigenvalue weighted by Gasteiger charge is 2.25. The fraction of sp³-hybridized carbons (Fsp3) is 0.520. The number of piperidine rings is 1. The molecule has 166 valence electrons. The van der Waals surface area contributed by atoms with Crippen molar-refractivity contribution in [3.05, 3.63) is 59.5 Å². The van der Waals surface area contributed by atoms with Crippen molar-refractivity contribution in [1.82, 2.24) is 14.8 Å². The molecule has 0 atom stereocenters. The summed E-state index contributed by atoms with van der Waals surface area (Å²) >= 11 is 0. The minimum Gasteiger partial charge on any atom is -0.353 e.